The second kappa shape index (κ2) is 4.64. The summed E-state index contributed by atoms with van der Waals surface area (Å²) in [7, 11) is 0. The number of aliphatic imine (C=N–C) groups is 1. The highest BCUT2D eigenvalue weighted by atomic mass is 15.3. The van der Waals surface area contributed by atoms with Crippen molar-refractivity contribution < 1.29 is 0 Å². The van der Waals surface area contributed by atoms with Gasteiger partial charge in [0.25, 0.3) is 0 Å². The van der Waals surface area contributed by atoms with Gasteiger partial charge in [-0.05, 0) is 45.4 Å². The fraction of sp³-hybridized carbons (Fsp3) is 0.562. The summed E-state index contributed by atoms with van der Waals surface area (Å²) in [6.45, 7) is 8.70. The maximum Gasteiger partial charge on any atom is 0.0916 e. The summed E-state index contributed by atoms with van der Waals surface area (Å²) in [5.74, 6) is 0.371. The van der Waals surface area contributed by atoms with E-state index in [2.05, 4.69) is 61.5 Å². The predicted molar refractivity (Wildman–Crippen MR) is 81.2 cm³/mol. The van der Waals surface area contributed by atoms with Crippen molar-refractivity contribution in [2.45, 2.75) is 44.8 Å². The minimum Gasteiger partial charge on any atom is -0.355 e. The SMILES string of the molecule is CC(C)(C)N=CC1c2ccccc2N2CCCNC12. The molecule has 2 unspecified atom stereocenters. The van der Waals surface area contributed by atoms with Gasteiger partial charge >= 0.3 is 0 Å². The van der Waals surface area contributed by atoms with Crippen molar-refractivity contribution in [2.75, 3.05) is 18.0 Å². The van der Waals surface area contributed by atoms with E-state index in [0.717, 1.165) is 13.1 Å². The van der Waals surface area contributed by atoms with Gasteiger partial charge in [-0.15, -0.1) is 0 Å². The molecule has 0 aromatic heterocycles. The molecule has 1 fully saturated rings. The van der Waals surface area contributed by atoms with Crippen LogP contribution in [0.4, 0.5) is 5.69 Å². The summed E-state index contributed by atoms with van der Waals surface area (Å²) in [5.41, 5.74) is 2.79. The standard InChI is InChI=1S/C16H23N3/c1-16(2,3)18-11-13-12-7-4-5-8-14(12)19-10-6-9-17-15(13)19/h4-5,7-8,11,13,15,17H,6,9-10H2,1-3H3. The van der Waals surface area contributed by atoms with Crippen LogP contribution in [0.1, 0.15) is 38.7 Å². The Morgan fingerprint density at radius 2 is 2.11 bits per heavy atom. The van der Waals surface area contributed by atoms with Crippen molar-refractivity contribution in [3.8, 4) is 0 Å². The lowest BCUT2D eigenvalue weighted by atomic mass is 9.99. The van der Waals surface area contributed by atoms with Gasteiger partial charge in [-0.1, -0.05) is 18.2 Å². The van der Waals surface area contributed by atoms with Crippen LogP contribution in [0.2, 0.25) is 0 Å². The fourth-order valence-corrected chi connectivity index (χ4v) is 3.01. The van der Waals surface area contributed by atoms with E-state index in [1.165, 1.54) is 17.7 Å². The van der Waals surface area contributed by atoms with E-state index < -0.39 is 0 Å². The summed E-state index contributed by atoms with van der Waals surface area (Å²) in [6, 6.07) is 8.75. The number of hydrogen-bond acceptors (Lipinski definition) is 3. The largest absolute Gasteiger partial charge is 0.355 e. The number of para-hydroxylation sites is 1. The number of fused-ring (bicyclic) bond motifs is 3. The van der Waals surface area contributed by atoms with Crippen LogP contribution in [0.5, 0.6) is 0 Å². The molecule has 3 rings (SSSR count). The molecule has 3 nitrogen and oxygen atoms in total. The first-order valence-corrected chi connectivity index (χ1v) is 7.20. The summed E-state index contributed by atoms with van der Waals surface area (Å²) < 4.78 is 0. The Morgan fingerprint density at radius 1 is 1.32 bits per heavy atom. The Bertz CT molecular complexity index is 487. The van der Waals surface area contributed by atoms with Crippen LogP contribution in [-0.4, -0.2) is 31.0 Å². The van der Waals surface area contributed by atoms with Crippen molar-refractivity contribution in [3.05, 3.63) is 29.8 Å². The van der Waals surface area contributed by atoms with Crippen LogP contribution in [0.25, 0.3) is 0 Å². The second-order valence-electron chi connectivity index (χ2n) is 6.48. The molecule has 0 aliphatic carbocycles. The molecule has 19 heavy (non-hydrogen) atoms. The van der Waals surface area contributed by atoms with E-state index in [0.29, 0.717) is 12.1 Å². The van der Waals surface area contributed by atoms with Gasteiger partial charge in [-0.2, -0.15) is 0 Å². The Balaban J connectivity index is 1.96. The zero-order valence-electron chi connectivity index (χ0n) is 12.1. The van der Waals surface area contributed by atoms with Gasteiger partial charge in [0.1, 0.15) is 0 Å². The predicted octanol–water partition coefficient (Wildman–Crippen LogP) is 2.78. The Morgan fingerprint density at radius 3 is 2.89 bits per heavy atom. The molecule has 1 aromatic carbocycles. The molecule has 2 aliphatic rings. The van der Waals surface area contributed by atoms with E-state index in [-0.39, 0.29) is 5.54 Å². The topological polar surface area (TPSA) is 27.6 Å². The second-order valence-corrected chi connectivity index (χ2v) is 6.48. The molecule has 0 spiro atoms. The maximum atomic E-state index is 4.74. The fourth-order valence-electron chi connectivity index (χ4n) is 3.01. The van der Waals surface area contributed by atoms with E-state index >= 15 is 0 Å². The summed E-state index contributed by atoms with van der Waals surface area (Å²) in [6.07, 6.45) is 3.76. The Kier molecular flexibility index (Phi) is 3.09. The van der Waals surface area contributed by atoms with Gasteiger partial charge in [-0.25, -0.2) is 0 Å². The molecule has 0 amide bonds. The van der Waals surface area contributed by atoms with Gasteiger partial charge in [0.05, 0.1) is 17.6 Å². The Hall–Kier alpha value is -1.35. The molecule has 1 N–H and O–H groups in total. The number of nitrogens with one attached hydrogen (secondary N) is 1. The van der Waals surface area contributed by atoms with Crippen LogP contribution in [-0.2, 0) is 0 Å². The van der Waals surface area contributed by atoms with Crippen LogP contribution in [0.15, 0.2) is 29.3 Å². The van der Waals surface area contributed by atoms with Gasteiger partial charge in [-0.3, -0.25) is 10.3 Å². The molecule has 0 saturated carbocycles. The third-order valence-electron chi connectivity index (χ3n) is 3.83. The average Bonchev–Trinajstić information content (AvgIpc) is 2.70. The third-order valence-corrected chi connectivity index (χ3v) is 3.83. The molecule has 0 radical (unpaired) electrons. The molecule has 3 heteroatoms. The number of hydrogen-bond donors (Lipinski definition) is 1. The van der Waals surface area contributed by atoms with Gasteiger partial charge in [0.15, 0.2) is 0 Å². The van der Waals surface area contributed by atoms with Crippen molar-refractivity contribution in [1.82, 2.24) is 5.32 Å². The molecule has 1 aromatic rings. The lowest BCUT2D eigenvalue weighted by Gasteiger charge is -2.34. The summed E-state index contributed by atoms with van der Waals surface area (Å²) in [4.78, 5) is 7.23. The molecule has 2 heterocycles. The average molecular weight is 257 g/mol. The zero-order chi connectivity index (χ0) is 13.5. The first-order valence-electron chi connectivity index (χ1n) is 7.20. The van der Waals surface area contributed by atoms with Crippen molar-refractivity contribution >= 4 is 11.9 Å². The van der Waals surface area contributed by atoms with Gasteiger partial charge in [0, 0.05) is 18.4 Å². The minimum atomic E-state index is -0.00295. The zero-order valence-corrected chi connectivity index (χ0v) is 12.1. The van der Waals surface area contributed by atoms with Crippen LogP contribution in [0, 0.1) is 0 Å². The molecule has 1 saturated heterocycles. The highest BCUT2D eigenvalue weighted by molar-refractivity contribution is 5.79. The first kappa shape index (κ1) is 12.7. The van der Waals surface area contributed by atoms with Crippen LogP contribution < -0.4 is 10.2 Å². The van der Waals surface area contributed by atoms with E-state index in [4.69, 9.17) is 4.99 Å². The third kappa shape index (κ3) is 2.39. The van der Waals surface area contributed by atoms with E-state index in [1.54, 1.807) is 0 Å². The molecular formula is C16H23N3. The van der Waals surface area contributed by atoms with Crippen molar-refractivity contribution in [2.24, 2.45) is 4.99 Å². The normalized spacial score (nSPS) is 26.6. The smallest absolute Gasteiger partial charge is 0.0916 e. The highest BCUT2D eigenvalue weighted by Gasteiger charge is 2.38. The number of anilines is 1. The van der Waals surface area contributed by atoms with Crippen molar-refractivity contribution in [3.63, 3.8) is 0 Å². The number of benzene rings is 1. The van der Waals surface area contributed by atoms with E-state index in [1.807, 2.05) is 0 Å². The molecule has 102 valence electrons. The van der Waals surface area contributed by atoms with E-state index in [9.17, 15) is 0 Å². The number of nitrogens with zero attached hydrogens (tertiary/aromatic N) is 2. The lowest BCUT2D eigenvalue weighted by molar-refractivity contribution is 0.430. The summed E-state index contributed by atoms with van der Waals surface area (Å²) in [5, 5.41) is 3.65. The van der Waals surface area contributed by atoms with Crippen LogP contribution in [0.3, 0.4) is 0 Å². The highest BCUT2D eigenvalue weighted by Crippen LogP contribution is 2.40. The molecule has 2 aliphatic heterocycles. The van der Waals surface area contributed by atoms with Crippen molar-refractivity contribution in [1.29, 1.82) is 0 Å². The van der Waals surface area contributed by atoms with Crippen LogP contribution >= 0.6 is 0 Å². The van der Waals surface area contributed by atoms with Gasteiger partial charge in [0.2, 0.25) is 0 Å². The monoisotopic (exact) mass is 257 g/mol. The summed E-state index contributed by atoms with van der Waals surface area (Å²) >= 11 is 0. The molecule has 0 bridgehead atoms. The Labute approximate surface area is 115 Å². The minimum absolute atomic E-state index is 0.00295. The molecular weight excluding hydrogens is 234 g/mol. The quantitative estimate of drug-likeness (QED) is 0.783. The lowest BCUT2D eigenvalue weighted by Crippen LogP contribution is -2.51. The first-order chi connectivity index (χ1) is 9.06. The molecule has 2 atom stereocenters. The van der Waals surface area contributed by atoms with Gasteiger partial charge < -0.3 is 4.90 Å². The maximum absolute atomic E-state index is 4.74. The number of rotatable bonds is 1.